The van der Waals surface area contributed by atoms with Crippen molar-refractivity contribution in [3.63, 3.8) is 0 Å². The van der Waals surface area contributed by atoms with Gasteiger partial charge in [-0.15, -0.1) is 0 Å². The fourth-order valence-corrected chi connectivity index (χ4v) is 5.67. The number of carbonyl (C=O) groups excluding carboxylic acids is 1. The Hall–Kier alpha value is -1.44. The lowest BCUT2D eigenvalue weighted by molar-refractivity contribution is -0.120. The van der Waals surface area contributed by atoms with Crippen LogP contribution < -0.4 is 5.32 Å². The standard InChI is InChI=1S/C23H37N3O3S/c1-4-25-14-11-20(18(2)17-25)8-5-19-6-9-22(10-7-19)24-23(27)21-12-15-26(16-13-21)30(3,28)29/h6-7,9-10,18,20-21H,4-5,8,11-17H2,1-3H3,(H,24,27)/t18-,20-/m0/s1. The summed E-state index contributed by atoms with van der Waals surface area (Å²) in [6, 6.07) is 8.21. The molecule has 3 rings (SSSR count). The van der Waals surface area contributed by atoms with Crippen LogP contribution in [0, 0.1) is 17.8 Å². The average molecular weight is 436 g/mol. The van der Waals surface area contributed by atoms with Crippen molar-refractivity contribution in [1.29, 1.82) is 0 Å². The van der Waals surface area contributed by atoms with Crippen molar-refractivity contribution >= 4 is 21.6 Å². The van der Waals surface area contributed by atoms with Crippen LogP contribution >= 0.6 is 0 Å². The monoisotopic (exact) mass is 435 g/mol. The van der Waals surface area contributed by atoms with Gasteiger partial charge in [0, 0.05) is 31.2 Å². The van der Waals surface area contributed by atoms with Crippen molar-refractivity contribution in [2.75, 3.05) is 44.3 Å². The molecule has 0 saturated carbocycles. The molecule has 2 aliphatic rings. The van der Waals surface area contributed by atoms with Gasteiger partial charge in [0.1, 0.15) is 0 Å². The number of nitrogens with one attached hydrogen (secondary N) is 1. The number of rotatable bonds is 7. The van der Waals surface area contributed by atoms with Gasteiger partial charge in [-0.05, 0) is 74.7 Å². The van der Waals surface area contributed by atoms with E-state index in [1.807, 2.05) is 12.1 Å². The topological polar surface area (TPSA) is 69.7 Å². The highest BCUT2D eigenvalue weighted by Gasteiger charge is 2.29. The van der Waals surface area contributed by atoms with Gasteiger partial charge >= 0.3 is 0 Å². The molecular formula is C23H37N3O3S. The maximum Gasteiger partial charge on any atom is 0.227 e. The zero-order valence-electron chi connectivity index (χ0n) is 18.6. The Morgan fingerprint density at radius 3 is 2.33 bits per heavy atom. The second kappa shape index (κ2) is 10.2. The first kappa shape index (κ1) is 23.2. The Labute approximate surface area is 182 Å². The molecule has 0 bridgehead atoms. The molecule has 1 N–H and O–H groups in total. The number of carbonyl (C=O) groups is 1. The molecule has 2 atom stereocenters. The largest absolute Gasteiger partial charge is 0.326 e. The number of nitrogens with zero attached hydrogens (tertiary/aromatic N) is 2. The molecule has 1 aromatic carbocycles. The number of aryl methyl sites for hydroxylation is 1. The zero-order chi connectivity index (χ0) is 21.7. The highest BCUT2D eigenvalue weighted by molar-refractivity contribution is 7.88. The summed E-state index contributed by atoms with van der Waals surface area (Å²) in [5.74, 6) is 1.42. The second-order valence-corrected chi connectivity index (χ2v) is 11.1. The molecule has 0 radical (unpaired) electrons. The third-order valence-electron chi connectivity index (χ3n) is 6.93. The van der Waals surface area contributed by atoms with Crippen LogP contribution in [0.4, 0.5) is 5.69 Å². The van der Waals surface area contributed by atoms with E-state index >= 15 is 0 Å². The molecular weight excluding hydrogens is 398 g/mol. The van der Waals surface area contributed by atoms with Crippen LogP contribution in [0.25, 0.3) is 0 Å². The van der Waals surface area contributed by atoms with Crippen molar-refractivity contribution in [1.82, 2.24) is 9.21 Å². The summed E-state index contributed by atoms with van der Waals surface area (Å²) in [5, 5.41) is 3.00. The lowest BCUT2D eigenvalue weighted by Gasteiger charge is -2.36. The molecule has 2 aliphatic heterocycles. The van der Waals surface area contributed by atoms with Gasteiger partial charge in [0.05, 0.1) is 6.26 Å². The molecule has 7 heteroatoms. The number of hydrogen-bond acceptors (Lipinski definition) is 4. The number of likely N-dealkylation sites (tertiary alicyclic amines) is 1. The van der Waals surface area contributed by atoms with Crippen LogP contribution in [0.1, 0.15) is 45.1 Å². The summed E-state index contributed by atoms with van der Waals surface area (Å²) in [7, 11) is -3.16. The average Bonchev–Trinajstić information content (AvgIpc) is 2.73. The van der Waals surface area contributed by atoms with E-state index in [0.29, 0.717) is 25.9 Å². The molecule has 2 heterocycles. The Kier molecular flexibility index (Phi) is 7.93. The molecule has 2 saturated heterocycles. The van der Waals surface area contributed by atoms with E-state index in [1.165, 1.54) is 42.1 Å². The minimum Gasteiger partial charge on any atom is -0.326 e. The van der Waals surface area contributed by atoms with Gasteiger partial charge < -0.3 is 10.2 Å². The fraction of sp³-hybridized carbons (Fsp3) is 0.696. The molecule has 30 heavy (non-hydrogen) atoms. The van der Waals surface area contributed by atoms with Gasteiger partial charge in [0.2, 0.25) is 15.9 Å². The summed E-state index contributed by atoms with van der Waals surface area (Å²) in [4.78, 5) is 15.1. The third-order valence-corrected chi connectivity index (χ3v) is 8.24. The van der Waals surface area contributed by atoms with Gasteiger partial charge in [-0.25, -0.2) is 12.7 Å². The lowest BCUT2D eigenvalue weighted by atomic mass is 9.83. The summed E-state index contributed by atoms with van der Waals surface area (Å²) in [6.45, 7) is 9.06. The number of sulfonamides is 1. The zero-order valence-corrected chi connectivity index (χ0v) is 19.5. The second-order valence-electron chi connectivity index (χ2n) is 9.08. The SMILES string of the molecule is CCN1CC[C@H](CCc2ccc(NC(=O)C3CCN(S(C)(=O)=O)CC3)cc2)[C@@H](C)C1. The van der Waals surface area contributed by atoms with Crippen LogP contribution in [0.15, 0.2) is 24.3 Å². The first-order valence-corrected chi connectivity index (χ1v) is 13.2. The molecule has 0 aliphatic carbocycles. The maximum atomic E-state index is 12.5. The van der Waals surface area contributed by atoms with Crippen molar-refractivity contribution in [2.24, 2.45) is 17.8 Å². The van der Waals surface area contributed by atoms with E-state index in [-0.39, 0.29) is 11.8 Å². The Morgan fingerprint density at radius 1 is 1.10 bits per heavy atom. The van der Waals surface area contributed by atoms with Crippen molar-refractivity contribution in [3.05, 3.63) is 29.8 Å². The van der Waals surface area contributed by atoms with Crippen molar-refractivity contribution in [3.8, 4) is 0 Å². The van der Waals surface area contributed by atoms with Crippen molar-refractivity contribution < 1.29 is 13.2 Å². The number of benzene rings is 1. The first-order chi connectivity index (χ1) is 14.3. The van der Waals surface area contributed by atoms with Gasteiger partial charge in [0.25, 0.3) is 0 Å². The normalized spacial score (nSPS) is 24.6. The summed E-state index contributed by atoms with van der Waals surface area (Å²) >= 11 is 0. The maximum absolute atomic E-state index is 12.5. The molecule has 0 aromatic heterocycles. The first-order valence-electron chi connectivity index (χ1n) is 11.3. The van der Waals surface area contributed by atoms with E-state index in [9.17, 15) is 13.2 Å². The molecule has 0 unspecified atom stereocenters. The van der Waals surface area contributed by atoms with Gasteiger partial charge in [0.15, 0.2) is 0 Å². The molecule has 6 nitrogen and oxygen atoms in total. The molecule has 1 aromatic rings. The quantitative estimate of drug-likeness (QED) is 0.714. The smallest absolute Gasteiger partial charge is 0.227 e. The minimum atomic E-state index is -3.16. The number of hydrogen-bond donors (Lipinski definition) is 1. The molecule has 168 valence electrons. The van der Waals surface area contributed by atoms with Gasteiger partial charge in [-0.1, -0.05) is 26.0 Å². The minimum absolute atomic E-state index is 0.00703. The van der Waals surface area contributed by atoms with Crippen LogP contribution in [-0.4, -0.2) is 62.5 Å². The van der Waals surface area contributed by atoms with E-state index < -0.39 is 10.0 Å². The predicted molar refractivity (Wildman–Crippen MR) is 122 cm³/mol. The van der Waals surface area contributed by atoms with E-state index in [4.69, 9.17) is 0 Å². The number of anilines is 1. The van der Waals surface area contributed by atoms with Crippen molar-refractivity contribution in [2.45, 2.75) is 46.0 Å². The Balaban J connectivity index is 1.44. The van der Waals surface area contributed by atoms with Crippen LogP contribution in [-0.2, 0) is 21.2 Å². The molecule has 1 amide bonds. The summed E-state index contributed by atoms with van der Waals surface area (Å²) in [5.41, 5.74) is 2.14. The molecule has 0 spiro atoms. The molecule has 2 fully saturated rings. The lowest BCUT2D eigenvalue weighted by Crippen LogP contribution is -2.40. The fourth-order valence-electron chi connectivity index (χ4n) is 4.80. The van der Waals surface area contributed by atoms with Gasteiger partial charge in [-0.2, -0.15) is 0 Å². The third kappa shape index (κ3) is 6.28. The van der Waals surface area contributed by atoms with Gasteiger partial charge in [-0.3, -0.25) is 4.79 Å². The Morgan fingerprint density at radius 2 is 1.77 bits per heavy atom. The Bertz CT molecular complexity index is 801. The highest BCUT2D eigenvalue weighted by atomic mass is 32.2. The van der Waals surface area contributed by atoms with Crippen LogP contribution in [0.5, 0.6) is 0 Å². The van der Waals surface area contributed by atoms with Crippen LogP contribution in [0.3, 0.4) is 0 Å². The summed E-state index contributed by atoms with van der Waals surface area (Å²) in [6.07, 6.45) is 5.98. The highest BCUT2D eigenvalue weighted by Crippen LogP contribution is 2.28. The predicted octanol–water partition coefficient (Wildman–Crippen LogP) is 3.21. The van der Waals surface area contributed by atoms with E-state index in [2.05, 4.69) is 36.2 Å². The number of piperidine rings is 2. The summed E-state index contributed by atoms with van der Waals surface area (Å²) < 4.78 is 24.7. The van der Waals surface area contributed by atoms with Crippen LogP contribution in [0.2, 0.25) is 0 Å². The van der Waals surface area contributed by atoms with E-state index in [1.54, 1.807) is 0 Å². The van der Waals surface area contributed by atoms with E-state index in [0.717, 1.165) is 30.5 Å². The number of amides is 1.